The number of nitrogens with zero attached hydrogens (tertiary/aromatic N) is 2. The van der Waals surface area contributed by atoms with Gasteiger partial charge in [-0.3, -0.25) is 0 Å². The van der Waals surface area contributed by atoms with Gasteiger partial charge in [0.25, 0.3) is 0 Å². The molecule has 0 radical (unpaired) electrons. The molecule has 2 aromatic rings. The van der Waals surface area contributed by atoms with Crippen LogP contribution in [0.2, 0.25) is 10.0 Å². The first kappa shape index (κ1) is 14.4. The summed E-state index contributed by atoms with van der Waals surface area (Å²) < 4.78 is 0. The summed E-state index contributed by atoms with van der Waals surface area (Å²) in [6.07, 6.45) is 1.63. The van der Waals surface area contributed by atoms with Gasteiger partial charge in [0.1, 0.15) is 5.82 Å². The van der Waals surface area contributed by atoms with Gasteiger partial charge in [-0.2, -0.15) is 0 Å². The summed E-state index contributed by atoms with van der Waals surface area (Å²) in [5.74, 6) is 1.51. The Morgan fingerprint density at radius 3 is 2.74 bits per heavy atom. The van der Waals surface area contributed by atoms with Crippen molar-refractivity contribution in [1.82, 2.24) is 9.97 Å². The molecule has 0 aliphatic carbocycles. The van der Waals surface area contributed by atoms with Gasteiger partial charge in [0.2, 0.25) is 0 Å². The lowest BCUT2D eigenvalue weighted by molar-refractivity contribution is 1.10. The lowest BCUT2D eigenvalue weighted by Crippen LogP contribution is -2.01. The molecule has 0 fully saturated rings. The number of aromatic nitrogens is 2. The van der Waals surface area contributed by atoms with Gasteiger partial charge in [0.15, 0.2) is 0 Å². The van der Waals surface area contributed by atoms with Crippen LogP contribution in [0, 0.1) is 0 Å². The van der Waals surface area contributed by atoms with Crippen LogP contribution in [0.5, 0.6) is 0 Å². The highest BCUT2D eigenvalue weighted by Gasteiger charge is 2.05. The van der Waals surface area contributed by atoms with Gasteiger partial charge in [-0.25, -0.2) is 9.97 Å². The van der Waals surface area contributed by atoms with E-state index in [0.717, 1.165) is 23.1 Å². The molecule has 0 amide bonds. The van der Waals surface area contributed by atoms with Gasteiger partial charge in [0.05, 0.1) is 20.8 Å². The Bertz CT molecular complexity index is 546. The van der Waals surface area contributed by atoms with E-state index in [-0.39, 0.29) is 0 Å². The predicted octanol–water partition coefficient (Wildman–Crippen LogP) is 4.51. The van der Waals surface area contributed by atoms with Crippen LogP contribution in [0.4, 0.5) is 5.82 Å². The molecule has 1 N–H and O–H groups in total. The summed E-state index contributed by atoms with van der Waals surface area (Å²) in [7, 11) is 0. The number of rotatable bonds is 5. The molecular formula is C13H13Cl2N3S. The van der Waals surface area contributed by atoms with Gasteiger partial charge < -0.3 is 5.32 Å². The second kappa shape index (κ2) is 6.98. The van der Waals surface area contributed by atoms with E-state index in [0.29, 0.717) is 15.8 Å². The Labute approximate surface area is 126 Å². The average Bonchev–Trinajstić information content (AvgIpc) is 2.41. The number of nitrogens with one attached hydrogen (secondary N) is 1. The lowest BCUT2D eigenvalue weighted by atomic mass is 10.3. The molecule has 2 heterocycles. The number of hydrogen-bond acceptors (Lipinski definition) is 4. The Morgan fingerprint density at radius 2 is 2.05 bits per heavy atom. The molecule has 3 nitrogen and oxygen atoms in total. The summed E-state index contributed by atoms with van der Waals surface area (Å²) >= 11 is 13.5. The SMILES string of the molecule is CCNc1ccc(Cl)c(CSc2ccc(Cl)cn2)n1. The highest BCUT2D eigenvalue weighted by Crippen LogP contribution is 2.25. The van der Waals surface area contributed by atoms with E-state index in [1.165, 1.54) is 0 Å². The van der Waals surface area contributed by atoms with Crippen molar-refractivity contribution in [2.24, 2.45) is 0 Å². The summed E-state index contributed by atoms with van der Waals surface area (Å²) in [6, 6.07) is 7.44. The van der Waals surface area contributed by atoms with Crippen LogP contribution < -0.4 is 5.32 Å². The van der Waals surface area contributed by atoms with Gasteiger partial charge in [-0.1, -0.05) is 35.0 Å². The number of halogens is 2. The van der Waals surface area contributed by atoms with Crippen molar-refractivity contribution in [3.05, 3.63) is 46.2 Å². The smallest absolute Gasteiger partial charge is 0.126 e. The molecule has 2 rings (SSSR count). The molecule has 0 aliphatic heterocycles. The predicted molar refractivity (Wildman–Crippen MR) is 82.2 cm³/mol. The van der Waals surface area contributed by atoms with Crippen molar-refractivity contribution >= 4 is 40.8 Å². The first-order valence-corrected chi connectivity index (χ1v) is 7.57. The molecule has 6 heteroatoms. The lowest BCUT2D eigenvalue weighted by Gasteiger charge is -2.07. The Balaban J connectivity index is 2.05. The van der Waals surface area contributed by atoms with Crippen LogP contribution in [0.25, 0.3) is 0 Å². The monoisotopic (exact) mass is 313 g/mol. The second-order valence-electron chi connectivity index (χ2n) is 3.76. The number of pyridine rings is 2. The topological polar surface area (TPSA) is 37.8 Å². The molecule has 0 saturated heterocycles. The average molecular weight is 314 g/mol. The summed E-state index contributed by atoms with van der Waals surface area (Å²) in [6.45, 7) is 2.86. The Hall–Kier alpha value is -0.970. The second-order valence-corrected chi connectivity index (χ2v) is 5.60. The fourth-order valence-electron chi connectivity index (χ4n) is 1.46. The van der Waals surface area contributed by atoms with Crippen molar-refractivity contribution in [2.75, 3.05) is 11.9 Å². The molecule has 100 valence electrons. The minimum absolute atomic E-state index is 0.634. The standard InChI is InChI=1S/C13H13Cl2N3S/c1-2-16-12-5-4-10(15)11(18-12)8-19-13-6-3-9(14)7-17-13/h3-7H,2,8H2,1H3,(H,16,18). The maximum absolute atomic E-state index is 6.14. The molecule has 0 spiro atoms. The largest absolute Gasteiger partial charge is 0.370 e. The van der Waals surface area contributed by atoms with Crippen LogP contribution in [0.3, 0.4) is 0 Å². The van der Waals surface area contributed by atoms with Crippen LogP contribution in [0.1, 0.15) is 12.6 Å². The summed E-state index contributed by atoms with van der Waals surface area (Å²) in [5.41, 5.74) is 0.849. The van der Waals surface area contributed by atoms with Crippen molar-refractivity contribution < 1.29 is 0 Å². The highest BCUT2D eigenvalue weighted by atomic mass is 35.5. The molecular weight excluding hydrogens is 301 g/mol. The summed E-state index contributed by atoms with van der Waals surface area (Å²) in [4.78, 5) is 8.70. The van der Waals surface area contributed by atoms with E-state index in [1.54, 1.807) is 18.0 Å². The highest BCUT2D eigenvalue weighted by molar-refractivity contribution is 7.98. The van der Waals surface area contributed by atoms with Crippen LogP contribution in [0.15, 0.2) is 35.5 Å². The molecule has 0 atom stereocenters. The number of hydrogen-bond donors (Lipinski definition) is 1. The summed E-state index contributed by atoms with van der Waals surface area (Å²) in [5, 5.41) is 5.37. The van der Waals surface area contributed by atoms with Crippen molar-refractivity contribution in [3.63, 3.8) is 0 Å². The minimum Gasteiger partial charge on any atom is -0.370 e. The normalized spacial score (nSPS) is 10.5. The van der Waals surface area contributed by atoms with E-state index in [1.807, 2.05) is 31.2 Å². The van der Waals surface area contributed by atoms with E-state index < -0.39 is 0 Å². The zero-order chi connectivity index (χ0) is 13.7. The third-order valence-corrected chi connectivity index (χ3v) is 3.86. The van der Waals surface area contributed by atoms with E-state index in [9.17, 15) is 0 Å². The first-order valence-electron chi connectivity index (χ1n) is 5.82. The number of thioether (sulfide) groups is 1. The van der Waals surface area contributed by atoms with Crippen LogP contribution >= 0.6 is 35.0 Å². The third-order valence-electron chi connectivity index (χ3n) is 2.33. The first-order chi connectivity index (χ1) is 9.19. The quantitative estimate of drug-likeness (QED) is 0.824. The minimum atomic E-state index is 0.634. The zero-order valence-corrected chi connectivity index (χ0v) is 12.7. The molecule has 2 aromatic heterocycles. The van der Waals surface area contributed by atoms with Crippen LogP contribution in [-0.2, 0) is 5.75 Å². The van der Waals surface area contributed by atoms with Gasteiger partial charge in [-0.15, -0.1) is 0 Å². The fourth-order valence-corrected chi connectivity index (χ4v) is 2.61. The Kier molecular flexibility index (Phi) is 5.31. The van der Waals surface area contributed by atoms with Crippen LogP contribution in [-0.4, -0.2) is 16.5 Å². The molecule has 0 unspecified atom stereocenters. The van der Waals surface area contributed by atoms with E-state index in [4.69, 9.17) is 23.2 Å². The van der Waals surface area contributed by atoms with E-state index >= 15 is 0 Å². The van der Waals surface area contributed by atoms with E-state index in [2.05, 4.69) is 15.3 Å². The maximum Gasteiger partial charge on any atom is 0.126 e. The Morgan fingerprint density at radius 1 is 1.21 bits per heavy atom. The molecule has 0 aromatic carbocycles. The fraction of sp³-hybridized carbons (Fsp3) is 0.231. The molecule has 0 aliphatic rings. The van der Waals surface area contributed by atoms with Gasteiger partial charge >= 0.3 is 0 Å². The molecule has 0 saturated carbocycles. The van der Waals surface area contributed by atoms with Crippen molar-refractivity contribution in [1.29, 1.82) is 0 Å². The van der Waals surface area contributed by atoms with Crippen molar-refractivity contribution in [3.8, 4) is 0 Å². The van der Waals surface area contributed by atoms with Gasteiger partial charge in [-0.05, 0) is 31.2 Å². The zero-order valence-electron chi connectivity index (χ0n) is 10.4. The maximum atomic E-state index is 6.14. The van der Waals surface area contributed by atoms with Gasteiger partial charge in [0, 0.05) is 18.5 Å². The number of anilines is 1. The molecule has 0 bridgehead atoms. The van der Waals surface area contributed by atoms with Crippen molar-refractivity contribution in [2.45, 2.75) is 17.7 Å². The third kappa shape index (κ3) is 4.27. The molecule has 19 heavy (non-hydrogen) atoms.